The summed E-state index contributed by atoms with van der Waals surface area (Å²) in [7, 11) is -2.34. The quantitative estimate of drug-likeness (QED) is 0.757. The second kappa shape index (κ2) is 6.71. The third-order valence-electron chi connectivity index (χ3n) is 2.84. The number of hydrogen-bond acceptors (Lipinski definition) is 4. The molecule has 0 unspecified atom stereocenters. The number of nitrogens with two attached hydrogens (primary N) is 1. The normalized spacial score (nSPS) is 11.6. The maximum absolute atomic E-state index is 12.4. The highest BCUT2D eigenvalue weighted by molar-refractivity contribution is 7.89. The van der Waals surface area contributed by atoms with Gasteiger partial charge in [-0.2, -0.15) is 4.31 Å². The molecule has 0 aromatic heterocycles. The average Bonchev–Trinajstić information content (AvgIpc) is 2.38. The summed E-state index contributed by atoms with van der Waals surface area (Å²) in [6, 6.07) is 4.70. The fourth-order valence-corrected chi connectivity index (χ4v) is 3.05. The first-order valence-electron chi connectivity index (χ1n) is 6.38. The molecule has 7 heteroatoms. The van der Waals surface area contributed by atoms with Gasteiger partial charge in [0, 0.05) is 19.3 Å². The Kier molecular flexibility index (Phi) is 5.52. The summed E-state index contributed by atoms with van der Waals surface area (Å²) in [5.74, 6) is -0.320. The zero-order valence-electron chi connectivity index (χ0n) is 12.0. The van der Waals surface area contributed by atoms with Gasteiger partial charge in [0.2, 0.25) is 15.9 Å². The molecule has 0 saturated carbocycles. The predicted molar refractivity (Wildman–Crippen MR) is 78.7 cm³/mol. The number of benzene rings is 1. The number of anilines is 1. The van der Waals surface area contributed by atoms with E-state index >= 15 is 0 Å². The molecule has 0 spiro atoms. The van der Waals surface area contributed by atoms with Gasteiger partial charge in [-0.05, 0) is 31.0 Å². The van der Waals surface area contributed by atoms with Crippen molar-refractivity contribution in [1.29, 1.82) is 0 Å². The number of hydrogen-bond donors (Lipinski definition) is 2. The number of carbonyl (C=O) groups is 1. The van der Waals surface area contributed by atoms with Gasteiger partial charge in [0.1, 0.15) is 0 Å². The Labute approximate surface area is 120 Å². The fraction of sp³-hybridized carbons (Fsp3) is 0.462. The Bertz CT molecular complexity index is 585. The van der Waals surface area contributed by atoms with Crippen molar-refractivity contribution in [2.75, 3.05) is 25.9 Å². The number of nitrogens with zero attached hydrogens (tertiary/aromatic N) is 1. The molecule has 0 heterocycles. The van der Waals surface area contributed by atoms with E-state index in [2.05, 4.69) is 5.32 Å². The van der Waals surface area contributed by atoms with Crippen molar-refractivity contribution >= 4 is 21.6 Å². The molecule has 0 atom stereocenters. The van der Waals surface area contributed by atoms with E-state index in [-0.39, 0.29) is 17.3 Å². The lowest BCUT2D eigenvalue weighted by Gasteiger charge is -2.18. The third kappa shape index (κ3) is 3.94. The molecule has 0 saturated heterocycles. The summed E-state index contributed by atoms with van der Waals surface area (Å²) in [6.45, 7) is 3.94. The molecule has 1 rings (SSSR count). The van der Waals surface area contributed by atoms with Crippen LogP contribution in [0.15, 0.2) is 23.1 Å². The largest absolute Gasteiger partial charge is 0.399 e. The van der Waals surface area contributed by atoms with Crippen molar-refractivity contribution in [3.8, 4) is 0 Å². The first-order chi connectivity index (χ1) is 9.28. The number of sulfonamides is 1. The summed E-state index contributed by atoms with van der Waals surface area (Å²) in [5, 5.41) is 2.64. The number of carbonyl (C=O) groups excluding carboxylic acids is 1. The second-order valence-corrected chi connectivity index (χ2v) is 6.65. The molecule has 6 nitrogen and oxygen atoms in total. The fourth-order valence-electron chi connectivity index (χ4n) is 1.67. The summed E-state index contributed by atoms with van der Waals surface area (Å²) >= 11 is 0. The van der Waals surface area contributed by atoms with E-state index in [1.54, 1.807) is 19.1 Å². The van der Waals surface area contributed by atoms with Crippen LogP contribution in [0.25, 0.3) is 0 Å². The van der Waals surface area contributed by atoms with Crippen molar-refractivity contribution in [3.63, 3.8) is 0 Å². The zero-order valence-corrected chi connectivity index (χ0v) is 12.8. The summed E-state index contributed by atoms with van der Waals surface area (Å²) in [5.41, 5.74) is 6.60. The monoisotopic (exact) mass is 299 g/mol. The van der Waals surface area contributed by atoms with Gasteiger partial charge in [0.05, 0.1) is 11.4 Å². The minimum absolute atomic E-state index is 0.128. The van der Waals surface area contributed by atoms with Crippen LogP contribution in [0.1, 0.15) is 18.9 Å². The molecule has 0 aliphatic carbocycles. The molecule has 1 amide bonds. The maximum atomic E-state index is 12.4. The molecular formula is C13H21N3O3S. The van der Waals surface area contributed by atoms with E-state index in [0.717, 1.165) is 10.7 Å². The molecule has 112 valence electrons. The minimum Gasteiger partial charge on any atom is -0.399 e. The van der Waals surface area contributed by atoms with Gasteiger partial charge in [-0.1, -0.05) is 13.0 Å². The molecule has 0 radical (unpaired) electrons. The van der Waals surface area contributed by atoms with E-state index in [1.165, 1.54) is 13.1 Å². The molecule has 0 aliphatic heterocycles. The molecule has 0 bridgehead atoms. The lowest BCUT2D eigenvalue weighted by Crippen LogP contribution is -2.38. The number of amides is 1. The lowest BCUT2D eigenvalue weighted by molar-refractivity contribution is -0.121. The Balaban J connectivity index is 2.93. The van der Waals surface area contributed by atoms with Crippen LogP contribution in [-0.4, -0.2) is 38.8 Å². The van der Waals surface area contributed by atoms with Crippen LogP contribution in [0.2, 0.25) is 0 Å². The van der Waals surface area contributed by atoms with Gasteiger partial charge in [-0.15, -0.1) is 0 Å². The van der Waals surface area contributed by atoms with Crippen LogP contribution in [0.4, 0.5) is 5.69 Å². The summed E-state index contributed by atoms with van der Waals surface area (Å²) < 4.78 is 25.8. The maximum Gasteiger partial charge on any atom is 0.243 e. The highest BCUT2D eigenvalue weighted by atomic mass is 32.2. The topological polar surface area (TPSA) is 92.5 Å². The van der Waals surface area contributed by atoms with Gasteiger partial charge in [0.15, 0.2) is 0 Å². The van der Waals surface area contributed by atoms with Gasteiger partial charge in [-0.3, -0.25) is 4.79 Å². The van der Waals surface area contributed by atoms with E-state index in [4.69, 9.17) is 5.73 Å². The molecule has 1 aromatic rings. The van der Waals surface area contributed by atoms with E-state index < -0.39 is 10.0 Å². The second-order valence-electron chi connectivity index (χ2n) is 4.64. The average molecular weight is 299 g/mol. The zero-order chi connectivity index (χ0) is 15.3. The minimum atomic E-state index is -3.72. The van der Waals surface area contributed by atoms with E-state index in [1.807, 2.05) is 6.92 Å². The Morgan fingerprint density at radius 2 is 2.05 bits per heavy atom. The Hall–Kier alpha value is -1.60. The van der Waals surface area contributed by atoms with Crippen LogP contribution in [0, 0.1) is 6.92 Å². The van der Waals surface area contributed by atoms with Crippen molar-refractivity contribution < 1.29 is 13.2 Å². The van der Waals surface area contributed by atoms with Crippen LogP contribution in [0.3, 0.4) is 0 Å². The van der Waals surface area contributed by atoms with E-state index in [9.17, 15) is 13.2 Å². The first-order valence-corrected chi connectivity index (χ1v) is 7.82. The highest BCUT2D eigenvalue weighted by Gasteiger charge is 2.24. The molecule has 3 N–H and O–H groups in total. The van der Waals surface area contributed by atoms with E-state index in [0.29, 0.717) is 17.8 Å². The smallest absolute Gasteiger partial charge is 0.243 e. The number of aryl methyl sites for hydroxylation is 1. The standard InChI is InChI=1S/C13H21N3O3S/c1-4-7-15-13(17)9-16(3)20(18,19)12-8-11(14)6-5-10(12)2/h5-6,8H,4,7,9,14H2,1-3H3,(H,15,17). The molecule has 0 fully saturated rings. The third-order valence-corrected chi connectivity index (χ3v) is 4.78. The SMILES string of the molecule is CCCNC(=O)CN(C)S(=O)(=O)c1cc(N)ccc1C. The molecule has 1 aromatic carbocycles. The summed E-state index contributed by atoms with van der Waals surface area (Å²) in [4.78, 5) is 11.7. The number of rotatable bonds is 6. The van der Waals surface area contributed by atoms with Gasteiger partial charge in [-0.25, -0.2) is 8.42 Å². The summed E-state index contributed by atoms with van der Waals surface area (Å²) in [6.07, 6.45) is 0.802. The van der Waals surface area contributed by atoms with Crippen molar-refractivity contribution in [2.45, 2.75) is 25.2 Å². The van der Waals surface area contributed by atoms with Gasteiger partial charge in [0.25, 0.3) is 0 Å². The van der Waals surface area contributed by atoms with Crippen LogP contribution < -0.4 is 11.1 Å². The van der Waals surface area contributed by atoms with Crippen LogP contribution in [0.5, 0.6) is 0 Å². The van der Waals surface area contributed by atoms with Crippen LogP contribution in [-0.2, 0) is 14.8 Å². The highest BCUT2D eigenvalue weighted by Crippen LogP contribution is 2.21. The van der Waals surface area contributed by atoms with Crippen molar-refractivity contribution in [3.05, 3.63) is 23.8 Å². The van der Waals surface area contributed by atoms with Gasteiger partial charge < -0.3 is 11.1 Å². The van der Waals surface area contributed by atoms with Crippen LogP contribution >= 0.6 is 0 Å². The number of nitrogens with one attached hydrogen (secondary N) is 1. The molecule has 20 heavy (non-hydrogen) atoms. The lowest BCUT2D eigenvalue weighted by atomic mass is 10.2. The van der Waals surface area contributed by atoms with Crippen molar-refractivity contribution in [2.24, 2.45) is 0 Å². The number of nitrogen functional groups attached to an aromatic ring is 1. The predicted octanol–water partition coefficient (Wildman–Crippen LogP) is 0.724. The Morgan fingerprint density at radius 3 is 2.65 bits per heavy atom. The first kappa shape index (κ1) is 16.5. The number of likely N-dealkylation sites (N-methyl/N-ethyl adjacent to an activating group) is 1. The van der Waals surface area contributed by atoms with Crippen molar-refractivity contribution in [1.82, 2.24) is 9.62 Å². The Morgan fingerprint density at radius 1 is 1.40 bits per heavy atom. The van der Waals surface area contributed by atoms with Gasteiger partial charge >= 0.3 is 0 Å². The molecular weight excluding hydrogens is 278 g/mol. The molecule has 0 aliphatic rings.